The van der Waals surface area contributed by atoms with Crippen LogP contribution in [0.3, 0.4) is 0 Å². The Hall–Kier alpha value is -1.14. The molecule has 108 valence electrons. The number of likely N-dealkylation sites (N-methyl/N-ethyl adjacent to an activating group) is 1. The lowest BCUT2D eigenvalue weighted by Crippen LogP contribution is -2.54. The summed E-state index contributed by atoms with van der Waals surface area (Å²) in [4.78, 5) is 27.4. The molecule has 1 aliphatic carbocycles. The summed E-state index contributed by atoms with van der Waals surface area (Å²) in [6.45, 7) is 3.34. The number of amides is 2. The van der Waals surface area contributed by atoms with Crippen LogP contribution in [0, 0.1) is 0 Å². The summed E-state index contributed by atoms with van der Waals surface area (Å²) in [5, 5.41) is 2.61. The van der Waals surface area contributed by atoms with E-state index in [1.807, 2.05) is 4.90 Å². The van der Waals surface area contributed by atoms with Gasteiger partial charge in [0.15, 0.2) is 0 Å². The van der Waals surface area contributed by atoms with Gasteiger partial charge in [0.25, 0.3) is 0 Å². The zero-order chi connectivity index (χ0) is 13.9. The molecule has 2 amide bonds. The maximum absolute atomic E-state index is 12.1. The average Bonchev–Trinajstić information content (AvgIpc) is 2.37. The van der Waals surface area contributed by atoms with Gasteiger partial charge in [-0.15, -0.1) is 0 Å². The third-order valence-electron chi connectivity index (χ3n) is 4.22. The van der Waals surface area contributed by atoms with E-state index in [1.54, 1.807) is 7.05 Å². The summed E-state index contributed by atoms with van der Waals surface area (Å²) >= 11 is 0. The average molecular weight is 268 g/mol. The van der Waals surface area contributed by atoms with Crippen LogP contribution in [0.1, 0.15) is 25.7 Å². The van der Waals surface area contributed by atoms with Gasteiger partial charge in [-0.3, -0.25) is 14.5 Å². The smallest absolute Gasteiger partial charge is 0.233 e. The van der Waals surface area contributed by atoms with Crippen LogP contribution in [0.4, 0.5) is 0 Å². The van der Waals surface area contributed by atoms with Crippen LogP contribution in [-0.4, -0.2) is 66.9 Å². The fraction of sp³-hybridized carbons (Fsp3) is 0.846. The second kappa shape index (κ2) is 5.88. The summed E-state index contributed by atoms with van der Waals surface area (Å²) in [5.41, 5.74) is 5.87. The first-order valence-corrected chi connectivity index (χ1v) is 7.02. The minimum Gasteiger partial charge on any atom is -0.358 e. The number of rotatable bonds is 4. The van der Waals surface area contributed by atoms with Crippen LogP contribution in [-0.2, 0) is 9.59 Å². The number of nitrogens with one attached hydrogen (secondary N) is 1. The number of carbonyl (C=O) groups excluding carboxylic acids is 2. The fourth-order valence-electron chi connectivity index (χ4n) is 2.66. The van der Waals surface area contributed by atoms with Crippen LogP contribution in [0.15, 0.2) is 0 Å². The van der Waals surface area contributed by atoms with Crippen molar-refractivity contribution in [3.05, 3.63) is 0 Å². The lowest BCUT2D eigenvalue weighted by molar-refractivity contribution is -0.135. The number of hydrogen-bond acceptors (Lipinski definition) is 4. The van der Waals surface area contributed by atoms with Gasteiger partial charge in [0.2, 0.25) is 11.8 Å². The maximum Gasteiger partial charge on any atom is 0.233 e. The van der Waals surface area contributed by atoms with Gasteiger partial charge < -0.3 is 16.0 Å². The molecule has 6 nitrogen and oxygen atoms in total. The zero-order valence-electron chi connectivity index (χ0n) is 11.7. The zero-order valence-corrected chi connectivity index (χ0v) is 11.7. The lowest BCUT2D eigenvalue weighted by Gasteiger charge is -2.40. The standard InChI is InChI=1S/C13H24N4O2/c1-15-11(18)10-16-5-7-17(8-6-16)12(19)9-13(14)3-2-4-13/h2-10,14H2,1H3,(H,15,18). The fourth-order valence-corrected chi connectivity index (χ4v) is 2.66. The SMILES string of the molecule is CNC(=O)CN1CCN(C(=O)CC2(N)CCC2)CC1. The number of hydrogen-bond donors (Lipinski definition) is 2. The molecule has 19 heavy (non-hydrogen) atoms. The highest BCUT2D eigenvalue weighted by Gasteiger charge is 2.36. The summed E-state index contributed by atoms with van der Waals surface area (Å²) in [6.07, 6.45) is 3.55. The second-order valence-electron chi connectivity index (χ2n) is 5.72. The Morgan fingerprint density at radius 3 is 2.32 bits per heavy atom. The maximum atomic E-state index is 12.1. The molecule has 1 saturated carbocycles. The molecule has 2 fully saturated rings. The highest BCUT2D eigenvalue weighted by atomic mass is 16.2. The molecule has 3 N–H and O–H groups in total. The van der Waals surface area contributed by atoms with Crippen molar-refractivity contribution < 1.29 is 9.59 Å². The van der Waals surface area contributed by atoms with E-state index in [1.165, 1.54) is 0 Å². The van der Waals surface area contributed by atoms with Gasteiger partial charge in [0.05, 0.1) is 6.54 Å². The Kier molecular flexibility index (Phi) is 4.42. The van der Waals surface area contributed by atoms with Crippen LogP contribution in [0.25, 0.3) is 0 Å². The molecule has 1 saturated heterocycles. The molecular formula is C13H24N4O2. The van der Waals surface area contributed by atoms with E-state index >= 15 is 0 Å². The molecule has 0 atom stereocenters. The van der Waals surface area contributed by atoms with Crippen LogP contribution in [0.5, 0.6) is 0 Å². The van der Waals surface area contributed by atoms with Crippen molar-refractivity contribution in [1.29, 1.82) is 0 Å². The van der Waals surface area contributed by atoms with E-state index in [0.717, 1.165) is 32.4 Å². The van der Waals surface area contributed by atoms with Crippen LogP contribution in [0.2, 0.25) is 0 Å². The Balaban J connectivity index is 1.73. The van der Waals surface area contributed by atoms with Crippen LogP contribution < -0.4 is 11.1 Å². The number of nitrogens with zero attached hydrogens (tertiary/aromatic N) is 2. The quantitative estimate of drug-likeness (QED) is 0.696. The third-order valence-corrected chi connectivity index (χ3v) is 4.22. The van der Waals surface area contributed by atoms with Gasteiger partial charge in [-0.2, -0.15) is 0 Å². The molecule has 2 rings (SSSR count). The normalized spacial score (nSPS) is 22.7. The molecule has 1 aliphatic heterocycles. The van der Waals surface area contributed by atoms with Crippen molar-refractivity contribution in [3.63, 3.8) is 0 Å². The first-order valence-electron chi connectivity index (χ1n) is 7.02. The molecule has 0 radical (unpaired) electrons. The predicted molar refractivity (Wildman–Crippen MR) is 72.5 cm³/mol. The van der Waals surface area contributed by atoms with Crippen molar-refractivity contribution in [2.24, 2.45) is 5.73 Å². The molecule has 0 bridgehead atoms. The molecule has 0 spiro atoms. The van der Waals surface area contributed by atoms with Gasteiger partial charge in [0, 0.05) is 45.2 Å². The first kappa shape index (κ1) is 14.3. The molecule has 1 heterocycles. The Labute approximate surface area is 114 Å². The minimum absolute atomic E-state index is 0.0233. The van der Waals surface area contributed by atoms with E-state index in [4.69, 9.17) is 5.73 Å². The van der Waals surface area contributed by atoms with Gasteiger partial charge >= 0.3 is 0 Å². The summed E-state index contributed by atoms with van der Waals surface area (Å²) in [6, 6.07) is 0. The first-order chi connectivity index (χ1) is 9.02. The highest BCUT2D eigenvalue weighted by Crippen LogP contribution is 2.32. The van der Waals surface area contributed by atoms with Crippen LogP contribution >= 0.6 is 0 Å². The highest BCUT2D eigenvalue weighted by molar-refractivity contribution is 5.78. The van der Waals surface area contributed by atoms with Gasteiger partial charge in [-0.1, -0.05) is 0 Å². The second-order valence-corrected chi connectivity index (χ2v) is 5.72. The lowest BCUT2D eigenvalue weighted by atomic mass is 9.75. The number of nitrogens with two attached hydrogens (primary N) is 1. The Morgan fingerprint density at radius 1 is 1.21 bits per heavy atom. The van der Waals surface area contributed by atoms with E-state index < -0.39 is 0 Å². The number of piperazine rings is 1. The van der Waals surface area contributed by atoms with E-state index in [0.29, 0.717) is 26.1 Å². The monoisotopic (exact) mass is 268 g/mol. The van der Waals surface area contributed by atoms with E-state index in [9.17, 15) is 9.59 Å². The largest absolute Gasteiger partial charge is 0.358 e. The van der Waals surface area contributed by atoms with Crippen molar-refractivity contribution in [1.82, 2.24) is 15.1 Å². The number of carbonyl (C=O) groups is 2. The summed E-state index contributed by atoms with van der Waals surface area (Å²) in [5.74, 6) is 0.192. The Bertz CT molecular complexity index is 347. The molecule has 0 aromatic heterocycles. The van der Waals surface area contributed by atoms with Crippen molar-refractivity contribution in [3.8, 4) is 0 Å². The van der Waals surface area contributed by atoms with E-state index in [-0.39, 0.29) is 17.4 Å². The molecule has 0 aromatic carbocycles. The summed E-state index contributed by atoms with van der Waals surface area (Å²) in [7, 11) is 1.64. The van der Waals surface area contributed by atoms with Gasteiger partial charge in [-0.25, -0.2) is 0 Å². The minimum atomic E-state index is -0.240. The van der Waals surface area contributed by atoms with Crippen molar-refractivity contribution >= 4 is 11.8 Å². The molecule has 0 unspecified atom stereocenters. The third kappa shape index (κ3) is 3.67. The Morgan fingerprint density at radius 2 is 1.84 bits per heavy atom. The summed E-state index contributed by atoms with van der Waals surface area (Å²) < 4.78 is 0. The van der Waals surface area contributed by atoms with Crippen molar-refractivity contribution in [2.75, 3.05) is 39.8 Å². The predicted octanol–water partition coefficient (Wildman–Crippen LogP) is -0.852. The topological polar surface area (TPSA) is 78.7 Å². The van der Waals surface area contributed by atoms with E-state index in [2.05, 4.69) is 10.2 Å². The molecule has 6 heteroatoms. The van der Waals surface area contributed by atoms with Gasteiger partial charge in [0.1, 0.15) is 0 Å². The molecule has 0 aromatic rings. The molecular weight excluding hydrogens is 244 g/mol. The van der Waals surface area contributed by atoms with Crippen molar-refractivity contribution in [2.45, 2.75) is 31.2 Å². The molecule has 2 aliphatic rings. The van der Waals surface area contributed by atoms with Gasteiger partial charge in [-0.05, 0) is 19.3 Å².